The van der Waals surface area contributed by atoms with Crippen molar-refractivity contribution in [3.63, 3.8) is 0 Å². The maximum Gasteiger partial charge on any atom is 0.238 e. The first-order valence-electron chi connectivity index (χ1n) is 8.91. The molecule has 2 rings (SSSR count). The van der Waals surface area contributed by atoms with Gasteiger partial charge in [0.1, 0.15) is 0 Å². The van der Waals surface area contributed by atoms with Crippen LogP contribution in [-0.2, 0) is 22.9 Å². The number of nitrogens with two attached hydrogens (primary N) is 1. The number of guanidine groups is 1. The van der Waals surface area contributed by atoms with Gasteiger partial charge in [-0.05, 0) is 49.9 Å². The molecule has 0 bridgehead atoms. The molecular formula is C20H29IN4O2S. The van der Waals surface area contributed by atoms with Gasteiger partial charge in [-0.3, -0.25) is 4.99 Å². The molecule has 154 valence electrons. The molecule has 0 aliphatic heterocycles. The highest BCUT2D eigenvalue weighted by atomic mass is 127. The normalized spacial score (nSPS) is 11.6. The number of primary sulfonamides is 1. The quantitative estimate of drug-likeness (QED) is 0.300. The number of benzene rings is 2. The minimum atomic E-state index is -3.64. The third kappa shape index (κ3) is 8.15. The van der Waals surface area contributed by atoms with Gasteiger partial charge in [-0.1, -0.05) is 41.5 Å². The Labute approximate surface area is 185 Å². The Morgan fingerprint density at radius 1 is 0.929 bits per heavy atom. The van der Waals surface area contributed by atoms with Crippen molar-refractivity contribution in [1.29, 1.82) is 0 Å². The van der Waals surface area contributed by atoms with E-state index in [1.165, 1.54) is 28.8 Å². The van der Waals surface area contributed by atoms with E-state index < -0.39 is 10.0 Å². The molecule has 0 fully saturated rings. The average molecular weight is 516 g/mol. The molecule has 2 aromatic rings. The summed E-state index contributed by atoms with van der Waals surface area (Å²) in [6, 6.07) is 13.2. The molecule has 0 heterocycles. The Hall–Kier alpha value is -1.65. The third-order valence-electron chi connectivity index (χ3n) is 4.17. The SMILES string of the molecule is CN=C(NCCc1ccc(S(N)(=O)=O)cc1)NCCc1cc(C)cc(C)c1.I. The standard InChI is InChI=1S/C20H28N4O2S.HI/c1-15-12-16(2)14-18(13-15)9-11-24-20(22-3)23-10-8-17-4-6-19(7-5-17)27(21,25)26;/h4-7,12-14H,8-11H2,1-3H3,(H2,21,25,26)(H2,22,23,24);1H. The number of nitrogens with zero attached hydrogens (tertiary/aromatic N) is 1. The van der Waals surface area contributed by atoms with E-state index in [0.717, 1.165) is 30.9 Å². The second kappa shape index (κ2) is 11.4. The van der Waals surface area contributed by atoms with Crippen LogP contribution in [0.1, 0.15) is 22.3 Å². The van der Waals surface area contributed by atoms with E-state index in [4.69, 9.17) is 5.14 Å². The molecule has 4 N–H and O–H groups in total. The molecule has 0 unspecified atom stereocenters. The van der Waals surface area contributed by atoms with Gasteiger partial charge in [-0.15, -0.1) is 24.0 Å². The zero-order chi connectivity index (χ0) is 19.9. The second-order valence-corrected chi connectivity index (χ2v) is 8.17. The minimum absolute atomic E-state index is 0. The van der Waals surface area contributed by atoms with Gasteiger partial charge in [-0.2, -0.15) is 0 Å². The van der Waals surface area contributed by atoms with Crippen molar-refractivity contribution in [1.82, 2.24) is 10.6 Å². The van der Waals surface area contributed by atoms with Crippen molar-refractivity contribution < 1.29 is 8.42 Å². The Bertz CT molecular complexity index is 877. The summed E-state index contributed by atoms with van der Waals surface area (Å²) in [4.78, 5) is 4.36. The molecule has 0 aliphatic carbocycles. The third-order valence-corrected chi connectivity index (χ3v) is 5.10. The van der Waals surface area contributed by atoms with Gasteiger partial charge in [0.05, 0.1) is 4.90 Å². The number of sulfonamides is 1. The van der Waals surface area contributed by atoms with Gasteiger partial charge in [0, 0.05) is 20.1 Å². The topological polar surface area (TPSA) is 96.6 Å². The van der Waals surface area contributed by atoms with E-state index in [-0.39, 0.29) is 28.9 Å². The molecule has 0 spiro atoms. The Morgan fingerprint density at radius 3 is 1.89 bits per heavy atom. The molecule has 0 amide bonds. The van der Waals surface area contributed by atoms with Gasteiger partial charge in [-0.25, -0.2) is 13.6 Å². The van der Waals surface area contributed by atoms with Crippen LogP contribution in [0.15, 0.2) is 52.4 Å². The molecule has 0 atom stereocenters. The summed E-state index contributed by atoms with van der Waals surface area (Å²) in [6.45, 7) is 5.71. The highest BCUT2D eigenvalue weighted by Crippen LogP contribution is 2.10. The fourth-order valence-electron chi connectivity index (χ4n) is 2.93. The molecule has 0 radical (unpaired) electrons. The van der Waals surface area contributed by atoms with Gasteiger partial charge in [0.2, 0.25) is 10.0 Å². The van der Waals surface area contributed by atoms with Crippen LogP contribution in [0.2, 0.25) is 0 Å². The zero-order valence-electron chi connectivity index (χ0n) is 16.5. The molecule has 0 saturated carbocycles. The number of hydrogen-bond acceptors (Lipinski definition) is 3. The first-order chi connectivity index (χ1) is 12.8. The van der Waals surface area contributed by atoms with Gasteiger partial charge >= 0.3 is 0 Å². The molecule has 28 heavy (non-hydrogen) atoms. The summed E-state index contributed by atoms with van der Waals surface area (Å²) in [5, 5.41) is 11.7. The largest absolute Gasteiger partial charge is 0.356 e. The van der Waals surface area contributed by atoms with E-state index >= 15 is 0 Å². The first kappa shape index (κ1) is 24.4. The summed E-state index contributed by atoms with van der Waals surface area (Å²) in [6.07, 6.45) is 1.68. The monoisotopic (exact) mass is 516 g/mol. The van der Waals surface area contributed by atoms with Crippen LogP contribution in [0, 0.1) is 13.8 Å². The van der Waals surface area contributed by atoms with E-state index in [2.05, 4.69) is 47.7 Å². The van der Waals surface area contributed by atoms with Crippen LogP contribution < -0.4 is 15.8 Å². The van der Waals surface area contributed by atoms with Gasteiger partial charge in [0.25, 0.3) is 0 Å². The smallest absolute Gasteiger partial charge is 0.238 e. The number of halogens is 1. The summed E-state index contributed by atoms with van der Waals surface area (Å²) in [5.74, 6) is 0.750. The Kier molecular flexibility index (Phi) is 9.91. The van der Waals surface area contributed by atoms with Crippen molar-refractivity contribution in [2.75, 3.05) is 20.1 Å². The van der Waals surface area contributed by atoms with E-state index in [1.54, 1.807) is 19.2 Å². The van der Waals surface area contributed by atoms with Crippen LogP contribution in [-0.4, -0.2) is 34.5 Å². The van der Waals surface area contributed by atoms with Crippen LogP contribution in [0.3, 0.4) is 0 Å². The van der Waals surface area contributed by atoms with E-state index in [0.29, 0.717) is 6.54 Å². The summed E-state index contributed by atoms with van der Waals surface area (Å²) in [5.41, 5.74) is 4.90. The lowest BCUT2D eigenvalue weighted by Crippen LogP contribution is -2.39. The Balaban J connectivity index is 0.00000392. The first-order valence-corrected chi connectivity index (χ1v) is 10.5. The number of aryl methyl sites for hydroxylation is 2. The molecule has 0 saturated heterocycles. The number of rotatable bonds is 7. The molecule has 8 heteroatoms. The van der Waals surface area contributed by atoms with Crippen LogP contribution >= 0.6 is 24.0 Å². The molecule has 0 aliphatic rings. The maximum absolute atomic E-state index is 11.3. The summed E-state index contributed by atoms with van der Waals surface area (Å²) < 4.78 is 22.5. The van der Waals surface area contributed by atoms with E-state index in [9.17, 15) is 8.42 Å². The number of aliphatic imine (C=N–C) groups is 1. The predicted molar refractivity (Wildman–Crippen MR) is 126 cm³/mol. The fourth-order valence-corrected chi connectivity index (χ4v) is 3.45. The lowest BCUT2D eigenvalue weighted by molar-refractivity contribution is 0.598. The van der Waals surface area contributed by atoms with Crippen LogP contribution in [0.5, 0.6) is 0 Å². The molecule has 2 aromatic carbocycles. The Morgan fingerprint density at radius 2 is 1.43 bits per heavy atom. The predicted octanol–water partition coefficient (Wildman–Crippen LogP) is 2.52. The molecule has 0 aromatic heterocycles. The van der Waals surface area contributed by atoms with Gasteiger partial charge in [0.15, 0.2) is 5.96 Å². The fraction of sp³-hybridized carbons (Fsp3) is 0.350. The molecule has 6 nitrogen and oxygen atoms in total. The van der Waals surface area contributed by atoms with Crippen molar-refractivity contribution in [3.8, 4) is 0 Å². The molecular weight excluding hydrogens is 487 g/mol. The maximum atomic E-state index is 11.3. The number of hydrogen-bond donors (Lipinski definition) is 3. The second-order valence-electron chi connectivity index (χ2n) is 6.61. The lowest BCUT2D eigenvalue weighted by atomic mass is 10.1. The highest BCUT2D eigenvalue weighted by molar-refractivity contribution is 14.0. The average Bonchev–Trinajstić information content (AvgIpc) is 2.59. The van der Waals surface area contributed by atoms with Crippen molar-refractivity contribution in [3.05, 3.63) is 64.7 Å². The number of nitrogens with one attached hydrogen (secondary N) is 2. The van der Waals surface area contributed by atoms with Gasteiger partial charge < -0.3 is 10.6 Å². The lowest BCUT2D eigenvalue weighted by Gasteiger charge is -2.12. The van der Waals surface area contributed by atoms with Crippen molar-refractivity contribution in [2.45, 2.75) is 31.6 Å². The van der Waals surface area contributed by atoms with Crippen molar-refractivity contribution >= 4 is 40.0 Å². The summed E-state index contributed by atoms with van der Waals surface area (Å²) in [7, 11) is -1.90. The minimum Gasteiger partial charge on any atom is -0.356 e. The van der Waals surface area contributed by atoms with Crippen LogP contribution in [0.4, 0.5) is 0 Å². The van der Waals surface area contributed by atoms with Crippen molar-refractivity contribution in [2.24, 2.45) is 10.1 Å². The highest BCUT2D eigenvalue weighted by Gasteiger charge is 2.06. The van der Waals surface area contributed by atoms with Crippen LogP contribution in [0.25, 0.3) is 0 Å². The van der Waals surface area contributed by atoms with E-state index in [1.807, 2.05) is 0 Å². The summed E-state index contributed by atoms with van der Waals surface area (Å²) >= 11 is 0. The zero-order valence-corrected chi connectivity index (χ0v) is 19.7.